The summed E-state index contributed by atoms with van der Waals surface area (Å²) in [5, 5.41) is 4.50. The molecule has 0 N–H and O–H groups in total. The third-order valence-electron chi connectivity index (χ3n) is 5.56. The Morgan fingerprint density at radius 1 is 0.929 bits per heavy atom. The quantitative estimate of drug-likeness (QED) is 0.660. The Morgan fingerprint density at radius 3 is 2.39 bits per heavy atom. The molecule has 0 bridgehead atoms. The van der Waals surface area contributed by atoms with E-state index < -0.39 is 0 Å². The standard InChI is InChI=1S/C23H28N4O/c1-25-23(19-8-4-3-5-9-19)20(18-24-25)12-13-26-14-16-27(17-15-26)21-10-6-7-11-22(21)28-2/h3-11,18H,12-17H2,1-2H3. The molecule has 1 saturated heterocycles. The van der Waals surface area contributed by atoms with Gasteiger partial charge in [-0.2, -0.15) is 5.10 Å². The second-order valence-electron chi connectivity index (χ2n) is 7.26. The zero-order valence-electron chi connectivity index (χ0n) is 16.7. The van der Waals surface area contributed by atoms with Crippen molar-refractivity contribution >= 4 is 5.69 Å². The van der Waals surface area contributed by atoms with Crippen molar-refractivity contribution in [1.29, 1.82) is 0 Å². The first-order chi connectivity index (χ1) is 13.8. The molecule has 5 heteroatoms. The molecular formula is C23H28N4O. The zero-order valence-corrected chi connectivity index (χ0v) is 16.7. The lowest BCUT2D eigenvalue weighted by atomic mass is 10.1. The minimum absolute atomic E-state index is 0.957. The Balaban J connectivity index is 1.37. The minimum Gasteiger partial charge on any atom is -0.495 e. The summed E-state index contributed by atoms with van der Waals surface area (Å²) in [4.78, 5) is 4.97. The van der Waals surface area contributed by atoms with Gasteiger partial charge in [0.05, 0.1) is 24.7 Å². The van der Waals surface area contributed by atoms with E-state index in [9.17, 15) is 0 Å². The molecule has 3 aromatic rings. The maximum atomic E-state index is 5.52. The molecule has 5 nitrogen and oxygen atoms in total. The summed E-state index contributed by atoms with van der Waals surface area (Å²) < 4.78 is 7.51. The van der Waals surface area contributed by atoms with Crippen molar-refractivity contribution in [3.8, 4) is 17.0 Å². The van der Waals surface area contributed by atoms with E-state index in [1.54, 1.807) is 7.11 Å². The highest BCUT2D eigenvalue weighted by molar-refractivity contribution is 5.63. The number of hydrogen-bond acceptors (Lipinski definition) is 4. The van der Waals surface area contributed by atoms with Crippen LogP contribution in [0.2, 0.25) is 0 Å². The van der Waals surface area contributed by atoms with Crippen molar-refractivity contribution in [3.05, 3.63) is 66.4 Å². The van der Waals surface area contributed by atoms with Gasteiger partial charge in [0.2, 0.25) is 0 Å². The number of benzene rings is 2. The minimum atomic E-state index is 0.957. The van der Waals surface area contributed by atoms with E-state index in [-0.39, 0.29) is 0 Å². The van der Waals surface area contributed by atoms with Crippen LogP contribution in [0.15, 0.2) is 60.8 Å². The van der Waals surface area contributed by atoms with Crippen LogP contribution >= 0.6 is 0 Å². The van der Waals surface area contributed by atoms with Gasteiger partial charge in [0.1, 0.15) is 5.75 Å². The van der Waals surface area contributed by atoms with E-state index in [1.807, 2.05) is 30.1 Å². The first-order valence-corrected chi connectivity index (χ1v) is 9.93. The highest BCUT2D eigenvalue weighted by Crippen LogP contribution is 2.28. The molecule has 2 heterocycles. The maximum absolute atomic E-state index is 5.52. The second kappa shape index (κ2) is 8.48. The van der Waals surface area contributed by atoms with Gasteiger partial charge >= 0.3 is 0 Å². The van der Waals surface area contributed by atoms with Crippen LogP contribution in [0.3, 0.4) is 0 Å². The molecule has 0 atom stereocenters. The highest BCUT2D eigenvalue weighted by Gasteiger charge is 2.20. The Kier molecular flexibility index (Phi) is 5.63. The summed E-state index contributed by atoms with van der Waals surface area (Å²) in [5.41, 5.74) is 4.98. The monoisotopic (exact) mass is 376 g/mol. The van der Waals surface area contributed by atoms with Gasteiger partial charge in [0.15, 0.2) is 0 Å². The third kappa shape index (κ3) is 3.90. The van der Waals surface area contributed by atoms with Crippen LogP contribution in [-0.4, -0.2) is 54.5 Å². The van der Waals surface area contributed by atoms with Crippen molar-refractivity contribution in [2.24, 2.45) is 7.05 Å². The predicted octanol–water partition coefficient (Wildman–Crippen LogP) is 3.46. The Hall–Kier alpha value is -2.79. The summed E-state index contributed by atoms with van der Waals surface area (Å²) in [5.74, 6) is 0.957. The fraction of sp³-hybridized carbons (Fsp3) is 0.348. The number of aromatic nitrogens is 2. The van der Waals surface area contributed by atoms with Crippen LogP contribution in [0.25, 0.3) is 11.3 Å². The zero-order chi connectivity index (χ0) is 19.3. The van der Waals surface area contributed by atoms with Gasteiger partial charge in [-0.25, -0.2) is 0 Å². The van der Waals surface area contributed by atoms with Gasteiger partial charge in [-0.3, -0.25) is 9.58 Å². The van der Waals surface area contributed by atoms with Crippen molar-refractivity contribution in [2.75, 3.05) is 44.7 Å². The molecule has 1 aromatic heterocycles. The van der Waals surface area contributed by atoms with Crippen molar-refractivity contribution in [1.82, 2.24) is 14.7 Å². The molecule has 0 spiro atoms. The van der Waals surface area contributed by atoms with Crippen molar-refractivity contribution in [3.63, 3.8) is 0 Å². The van der Waals surface area contributed by atoms with Crippen LogP contribution in [-0.2, 0) is 13.5 Å². The summed E-state index contributed by atoms with van der Waals surface area (Å²) in [6.45, 7) is 5.25. The second-order valence-corrected chi connectivity index (χ2v) is 7.26. The van der Waals surface area contributed by atoms with E-state index in [0.29, 0.717) is 0 Å². The topological polar surface area (TPSA) is 33.5 Å². The highest BCUT2D eigenvalue weighted by atomic mass is 16.5. The third-order valence-corrected chi connectivity index (χ3v) is 5.56. The molecule has 0 aliphatic carbocycles. The molecule has 2 aromatic carbocycles. The largest absolute Gasteiger partial charge is 0.495 e. The van der Waals surface area contributed by atoms with Crippen molar-refractivity contribution < 1.29 is 4.74 Å². The lowest BCUT2D eigenvalue weighted by Gasteiger charge is -2.36. The van der Waals surface area contributed by atoms with Gasteiger partial charge in [-0.1, -0.05) is 42.5 Å². The number of anilines is 1. The number of hydrogen-bond donors (Lipinski definition) is 0. The van der Waals surface area contributed by atoms with Gasteiger partial charge in [0, 0.05) is 45.3 Å². The van der Waals surface area contributed by atoms with Crippen LogP contribution < -0.4 is 9.64 Å². The van der Waals surface area contributed by atoms with E-state index in [1.165, 1.54) is 22.5 Å². The molecule has 1 aliphatic rings. The molecule has 4 rings (SSSR count). The Bertz CT molecular complexity index is 898. The number of para-hydroxylation sites is 2. The number of methoxy groups -OCH3 is 1. The van der Waals surface area contributed by atoms with Crippen molar-refractivity contribution in [2.45, 2.75) is 6.42 Å². The van der Waals surface area contributed by atoms with Gasteiger partial charge < -0.3 is 9.64 Å². The first-order valence-electron chi connectivity index (χ1n) is 9.93. The number of nitrogens with zero attached hydrogens (tertiary/aromatic N) is 4. The fourth-order valence-electron chi connectivity index (χ4n) is 4.02. The average Bonchev–Trinajstić information content (AvgIpc) is 3.13. The van der Waals surface area contributed by atoms with Gasteiger partial charge in [-0.15, -0.1) is 0 Å². The van der Waals surface area contributed by atoms with E-state index in [4.69, 9.17) is 4.74 Å². The number of ether oxygens (including phenoxy) is 1. The Labute approximate surface area is 167 Å². The normalized spacial score (nSPS) is 15.0. The number of aryl methyl sites for hydroxylation is 1. The summed E-state index contributed by atoms with van der Waals surface area (Å²) in [6.07, 6.45) is 3.04. The van der Waals surface area contributed by atoms with Gasteiger partial charge in [-0.05, 0) is 24.1 Å². The molecule has 1 fully saturated rings. The SMILES string of the molecule is COc1ccccc1N1CCN(CCc2cnn(C)c2-c2ccccc2)CC1. The lowest BCUT2D eigenvalue weighted by Crippen LogP contribution is -2.47. The van der Waals surface area contributed by atoms with Crippen LogP contribution in [0.5, 0.6) is 5.75 Å². The molecular weight excluding hydrogens is 348 g/mol. The van der Waals surface area contributed by atoms with E-state index in [2.05, 4.69) is 57.4 Å². The van der Waals surface area contributed by atoms with Crippen LogP contribution in [0.4, 0.5) is 5.69 Å². The molecule has 0 radical (unpaired) electrons. The first kappa shape index (κ1) is 18.6. The predicted molar refractivity (Wildman–Crippen MR) is 114 cm³/mol. The van der Waals surface area contributed by atoms with Gasteiger partial charge in [0.25, 0.3) is 0 Å². The molecule has 0 amide bonds. The number of rotatable bonds is 6. The maximum Gasteiger partial charge on any atom is 0.142 e. The van der Waals surface area contributed by atoms with E-state index in [0.717, 1.165) is 44.9 Å². The molecule has 146 valence electrons. The summed E-state index contributed by atoms with van der Waals surface area (Å²) >= 11 is 0. The molecule has 1 aliphatic heterocycles. The average molecular weight is 377 g/mol. The Morgan fingerprint density at radius 2 is 1.64 bits per heavy atom. The lowest BCUT2D eigenvalue weighted by molar-refractivity contribution is 0.260. The smallest absolute Gasteiger partial charge is 0.142 e. The summed E-state index contributed by atoms with van der Waals surface area (Å²) in [6, 6.07) is 18.8. The number of piperazine rings is 1. The molecule has 28 heavy (non-hydrogen) atoms. The van der Waals surface area contributed by atoms with E-state index >= 15 is 0 Å². The molecule has 0 saturated carbocycles. The van der Waals surface area contributed by atoms with Crippen LogP contribution in [0, 0.1) is 0 Å². The summed E-state index contributed by atoms with van der Waals surface area (Å²) in [7, 11) is 3.77. The van der Waals surface area contributed by atoms with Crippen LogP contribution in [0.1, 0.15) is 5.56 Å². The molecule has 0 unspecified atom stereocenters. The fourth-order valence-corrected chi connectivity index (χ4v) is 4.02.